The van der Waals surface area contributed by atoms with Crippen LogP contribution in [0.25, 0.3) is 11.3 Å². The van der Waals surface area contributed by atoms with Crippen LogP contribution in [-0.4, -0.2) is 76.5 Å². The number of aryl methyl sites for hydroxylation is 1. The number of hydrogen-bond acceptors (Lipinski definition) is 6. The van der Waals surface area contributed by atoms with Crippen LogP contribution < -0.4 is 15.5 Å². The molecule has 1 aromatic heterocycles. The molecule has 2 amide bonds. The van der Waals surface area contributed by atoms with Crippen LogP contribution in [0.5, 0.6) is 0 Å². The maximum atomic E-state index is 13.2. The van der Waals surface area contributed by atoms with E-state index in [1.165, 1.54) is 0 Å². The maximum absolute atomic E-state index is 13.2. The highest BCUT2D eigenvalue weighted by atomic mass is 16.3. The Labute approximate surface area is 241 Å². The van der Waals surface area contributed by atoms with E-state index in [-0.39, 0.29) is 36.6 Å². The first-order valence-corrected chi connectivity index (χ1v) is 15.2. The Morgan fingerprint density at radius 2 is 1.77 bits per heavy atom. The summed E-state index contributed by atoms with van der Waals surface area (Å²) in [6, 6.07) is 7.73. The molecule has 3 N–H and O–H groups in total. The van der Waals surface area contributed by atoms with Gasteiger partial charge in [-0.3, -0.25) is 14.3 Å². The SMILES string of the molecule is CC.CC.CCn1nccc1-c1ccc(CNC(=O)C2CC(O)CN2C(=O)C(C)C(C)C)c(N2CCNCC2)c1. The molecule has 0 radical (unpaired) electrons. The summed E-state index contributed by atoms with van der Waals surface area (Å²) < 4.78 is 1.98. The molecule has 0 bridgehead atoms. The number of aromatic nitrogens is 2. The number of aliphatic hydroxyl groups is 1. The third kappa shape index (κ3) is 8.07. The molecule has 1 aromatic carbocycles. The van der Waals surface area contributed by atoms with Gasteiger partial charge in [0.25, 0.3) is 0 Å². The monoisotopic (exact) mass is 556 g/mol. The lowest BCUT2D eigenvalue weighted by atomic mass is 9.96. The second-order valence-electron chi connectivity index (χ2n) is 10.3. The highest BCUT2D eigenvalue weighted by Gasteiger charge is 2.40. The van der Waals surface area contributed by atoms with Gasteiger partial charge in [0, 0.05) is 75.6 Å². The standard InChI is InChI=1S/C27H40N6O3.2C2H6/c1-5-33-23(8-9-30-33)20-6-7-21(24(14-20)31-12-10-28-11-13-31)16-29-26(35)25-15-22(34)17-32(25)27(36)19(4)18(2)3;2*1-2/h6-9,14,18-19,22,25,28,34H,5,10-13,15-17H2,1-4H3,(H,29,35);2*1-2H3. The number of rotatable bonds is 8. The lowest BCUT2D eigenvalue weighted by molar-refractivity contribution is -0.142. The van der Waals surface area contributed by atoms with E-state index >= 15 is 0 Å². The van der Waals surface area contributed by atoms with Crippen LogP contribution >= 0.6 is 0 Å². The highest BCUT2D eigenvalue weighted by Crippen LogP contribution is 2.29. The maximum Gasteiger partial charge on any atom is 0.243 e. The van der Waals surface area contributed by atoms with Crippen molar-refractivity contribution in [3.05, 3.63) is 36.0 Å². The number of hydrogen-bond donors (Lipinski definition) is 3. The van der Waals surface area contributed by atoms with Crippen molar-refractivity contribution in [3.63, 3.8) is 0 Å². The van der Waals surface area contributed by atoms with E-state index in [0.29, 0.717) is 6.54 Å². The number of likely N-dealkylation sites (tertiary alicyclic amines) is 1. The third-order valence-electron chi connectivity index (χ3n) is 7.56. The predicted molar refractivity (Wildman–Crippen MR) is 163 cm³/mol. The zero-order valence-corrected chi connectivity index (χ0v) is 25.9. The summed E-state index contributed by atoms with van der Waals surface area (Å²) in [5, 5.41) is 21.1. The van der Waals surface area contributed by atoms with Gasteiger partial charge >= 0.3 is 0 Å². The second kappa shape index (κ2) is 16.4. The van der Waals surface area contributed by atoms with Crippen LogP contribution in [0.1, 0.15) is 67.4 Å². The molecule has 2 aliphatic heterocycles. The van der Waals surface area contributed by atoms with Crippen molar-refractivity contribution in [2.45, 2.75) is 87.0 Å². The van der Waals surface area contributed by atoms with Crippen molar-refractivity contribution >= 4 is 17.5 Å². The molecule has 3 unspecified atom stereocenters. The first kappa shape index (κ1) is 33.3. The van der Waals surface area contributed by atoms with Gasteiger partial charge in [-0.2, -0.15) is 5.10 Å². The van der Waals surface area contributed by atoms with Crippen LogP contribution in [0.2, 0.25) is 0 Å². The van der Waals surface area contributed by atoms with E-state index in [2.05, 4.69) is 45.8 Å². The molecule has 9 heteroatoms. The van der Waals surface area contributed by atoms with E-state index in [1.807, 2.05) is 65.4 Å². The van der Waals surface area contributed by atoms with E-state index in [0.717, 1.165) is 55.2 Å². The van der Waals surface area contributed by atoms with Gasteiger partial charge < -0.3 is 25.5 Å². The zero-order chi connectivity index (χ0) is 29.8. The summed E-state index contributed by atoms with van der Waals surface area (Å²) in [5.74, 6) is -0.313. The first-order chi connectivity index (χ1) is 19.3. The number of anilines is 1. The van der Waals surface area contributed by atoms with Crippen molar-refractivity contribution in [2.75, 3.05) is 37.6 Å². The number of carbonyl (C=O) groups excluding carboxylic acids is 2. The molecule has 4 rings (SSSR count). The van der Waals surface area contributed by atoms with Crippen molar-refractivity contribution in [1.82, 2.24) is 25.3 Å². The molecule has 3 atom stereocenters. The molecule has 0 saturated carbocycles. The quantitative estimate of drug-likeness (QED) is 0.456. The van der Waals surface area contributed by atoms with E-state index in [1.54, 1.807) is 4.90 Å². The van der Waals surface area contributed by atoms with Crippen molar-refractivity contribution in [2.24, 2.45) is 11.8 Å². The zero-order valence-electron chi connectivity index (χ0n) is 25.9. The van der Waals surface area contributed by atoms with Gasteiger partial charge in [0.1, 0.15) is 6.04 Å². The smallest absolute Gasteiger partial charge is 0.243 e. The molecule has 2 aliphatic rings. The Kier molecular flexibility index (Phi) is 13.6. The van der Waals surface area contributed by atoms with Crippen LogP contribution in [0.4, 0.5) is 5.69 Å². The van der Waals surface area contributed by atoms with Crippen LogP contribution in [0.15, 0.2) is 30.5 Å². The molecule has 0 spiro atoms. The van der Waals surface area contributed by atoms with Gasteiger partial charge in [-0.1, -0.05) is 60.6 Å². The van der Waals surface area contributed by atoms with Gasteiger partial charge in [-0.15, -0.1) is 0 Å². The number of nitrogens with zero attached hydrogens (tertiary/aromatic N) is 4. The van der Waals surface area contributed by atoms with E-state index < -0.39 is 12.1 Å². The topological polar surface area (TPSA) is 103 Å². The van der Waals surface area contributed by atoms with Gasteiger partial charge in [0.15, 0.2) is 0 Å². The lowest BCUT2D eigenvalue weighted by Crippen LogP contribution is -2.48. The van der Waals surface area contributed by atoms with E-state index in [4.69, 9.17) is 0 Å². The normalized spacial score (nSPS) is 19.4. The fraction of sp³-hybridized carbons (Fsp3) is 0.645. The van der Waals surface area contributed by atoms with Crippen molar-refractivity contribution in [1.29, 1.82) is 0 Å². The predicted octanol–water partition coefficient (Wildman–Crippen LogP) is 3.90. The molecule has 3 heterocycles. The summed E-state index contributed by atoms with van der Waals surface area (Å²) in [5.41, 5.74) is 4.30. The van der Waals surface area contributed by atoms with Crippen molar-refractivity contribution in [3.8, 4) is 11.3 Å². The molecular formula is C31H52N6O3. The Morgan fingerprint density at radius 1 is 1.10 bits per heavy atom. The summed E-state index contributed by atoms with van der Waals surface area (Å²) in [7, 11) is 0. The molecule has 2 saturated heterocycles. The number of amides is 2. The average molecular weight is 557 g/mol. The number of β-amino-alcohol motifs (C(OH)–C–C–N with tert-alkyl or cyclic N) is 1. The molecular weight excluding hydrogens is 504 g/mol. The number of nitrogens with one attached hydrogen (secondary N) is 2. The molecule has 40 heavy (non-hydrogen) atoms. The minimum absolute atomic E-state index is 0.0694. The summed E-state index contributed by atoms with van der Waals surface area (Å²) in [6.07, 6.45) is 1.41. The summed E-state index contributed by atoms with van der Waals surface area (Å²) >= 11 is 0. The molecule has 9 nitrogen and oxygen atoms in total. The van der Waals surface area contributed by atoms with Gasteiger partial charge in [0.05, 0.1) is 11.8 Å². The largest absolute Gasteiger partial charge is 0.391 e. The number of benzene rings is 1. The van der Waals surface area contributed by atoms with Crippen molar-refractivity contribution < 1.29 is 14.7 Å². The average Bonchev–Trinajstić information content (AvgIpc) is 3.64. The van der Waals surface area contributed by atoms with Crippen LogP contribution in [0.3, 0.4) is 0 Å². The molecule has 224 valence electrons. The molecule has 0 aliphatic carbocycles. The number of piperazine rings is 1. The Hall–Kier alpha value is -2.91. The molecule has 2 fully saturated rings. The fourth-order valence-electron chi connectivity index (χ4n) is 5.06. The van der Waals surface area contributed by atoms with Crippen LogP contribution in [0, 0.1) is 11.8 Å². The van der Waals surface area contributed by atoms with Gasteiger partial charge in [-0.05, 0) is 30.5 Å². The van der Waals surface area contributed by atoms with Gasteiger partial charge in [-0.25, -0.2) is 0 Å². The Bertz CT molecular complexity index is 1060. The van der Waals surface area contributed by atoms with Gasteiger partial charge in [0.2, 0.25) is 11.8 Å². The summed E-state index contributed by atoms with van der Waals surface area (Å²) in [6.45, 7) is 20.9. The number of carbonyl (C=O) groups is 2. The highest BCUT2D eigenvalue weighted by molar-refractivity contribution is 5.89. The Balaban J connectivity index is 0.00000134. The minimum Gasteiger partial charge on any atom is -0.391 e. The second-order valence-corrected chi connectivity index (χ2v) is 10.3. The van der Waals surface area contributed by atoms with E-state index in [9.17, 15) is 14.7 Å². The lowest BCUT2D eigenvalue weighted by Gasteiger charge is -2.32. The third-order valence-corrected chi connectivity index (χ3v) is 7.56. The Morgan fingerprint density at radius 3 is 2.40 bits per heavy atom. The first-order valence-electron chi connectivity index (χ1n) is 15.2. The summed E-state index contributed by atoms with van der Waals surface area (Å²) in [4.78, 5) is 30.2. The van der Waals surface area contributed by atoms with Crippen LogP contribution in [-0.2, 0) is 22.7 Å². The minimum atomic E-state index is -0.678. The fourth-order valence-corrected chi connectivity index (χ4v) is 5.06. The number of aliphatic hydroxyl groups excluding tert-OH is 1. The molecule has 2 aromatic rings.